The van der Waals surface area contributed by atoms with Crippen molar-refractivity contribution in [2.75, 3.05) is 0 Å². The summed E-state index contributed by atoms with van der Waals surface area (Å²) in [6, 6.07) is 62.2. The van der Waals surface area contributed by atoms with E-state index >= 15 is 0 Å². The number of fused-ring (bicyclic) bond motifs is 18. The lowest BCUT2D eigenvalue weighted by molar-refractivity contribution is 0.661. The second kappa shape index (κ2) is 11.0. The molecule has 266 valence electrons. The molecule has 0 spiro atoms. The SMILES string of the molecule is CC1(C)c2ccc(-c3ccc4c(c3)oc3cc(-c5ccc6c(c5)c5ccccc5c5ccc7oc8ccccc8c7c56)ccc34)cc2-c2c1ccc1ccccc21. The Morgan fingerprint density at radius 3 is 1.65 bits per heavy atom. The summed E-state index contributed by atoms with van der Waals surface area (Å²) in [6.45, 7) is 4.70. The van der Waals surface area contributed by atoms with Crippen molar-refractivity contribution in [3.05, 3.63) is 181 Å². The van der Waals surface area contributed by atoms with E-state index in [4.69, 9.17) is 8.83 Å². The molecule has 0 fully saturated rings. The van der Waals surface area contributed by atoms with Crippen LogP contribution in [0.25, 0.3) is 120 Å². The number of benzene rings is 10. The van der Waals surface area contributed by atoms with Crippen molar-refractivity contribution in [1.29, 1.82) is 0 Å². The smallest absolute Gasteiger partial charge is 0.136 e. The fourth-order valence-corrected chi connectivity index (χ4v) is 10.3. The fraction of sp³-hybridized carbons (Fsp3) is 0.0545. The molecule has 12 aromatic rings. The molecule has 0 N–H and O–H groups in total. The summed E-state index contributed by atoms with van der Waals surface area (Å²) < 4.78 is 13.1. The summed E-state index contributed by atoms with van der Waals surface area (Å²) in [7, 11) is 0. The van der Waals surface area contributed by atoms with E-state index in [1.165, 1.54) is 76.3 Å². The van der Waals surface area contributed by atoms with Crippen LogP contribution in [0.15, 0.2) is 179 Å². The van der Waals surface area contributed by atoms with E-state index in [0.717, 1.165) is 55.2 Å². The van der Waals surface area contributed by atoms with Gasteiger partial charge in [-0.3, -0.25) is 0 Å². The Hall–Kier alpha value is -7.16. The van der Waals surface area contributed by atoms with Gasteiger partial charge in [-0.05, 0) is 137 Å². The molecular formula is C55H34O2. The van der Waals surface area contributed by atoms with E-state index < -0.39 is 0 Å². The first kappa shape index (κ1) is 31.1. The zero-order valence-corrected chi connectivity index (χ0v) is 31.5. The van der Waals surface area contributed by atoms with Gasteiger partial charge in [0.15, 0.2) is 0 Å². The van der Waals surface area contributed by atoms with Gasteiger partial charge in [-0.15, -0.1) is 0 Å². The van der Waals surface area contributed by atoms with Crippen LogP contribution < -0.4 is 0 Å². The lowest BCUT2D eigenvalue weighted by Crippen LogP contribution is -2.14. The van der Waals surface area contributed by atoms with Crippen LogP contribution in [-0.2, 0) is 5.41 Å². The zero-order chi connectivity index (χ0) is 37.6. The minimum atomic E-state index is -0.0548. The van der Waals surface area contributed by atoms with Crippen LogP contribution in [0.3, 0.4) is 0 Å². The predicted molar refractivity (Wildman–Crippen MR) is 239 cm³/mol. The maximum atomic E-state index is 6.70. The molecule has 0 unspecified atom stereocenters. The first-order chi connectivity index (χ1) is 28.0. The van der Waals surface area contributed by atoms with Gasteiger partial charge in [0.2, 0.25) is 0 Å². The molecule has 2 nitrogen and oxygen atoms in total. The Labute approximate surface area is 328 Å². The number of rotatable bonds is 2. The molecule has 2 heterocycles. The second-order valence-corrected chi connectivity index (χ2v) is 16.4. The van der Waals surface area contributed by atoms with Crippen molar-refractivity contribution < 1.29 is 8.83 Å². The molecule has 2 aromatic heterocycles. The number of hydrogen-bond donors (Lipinski definition) is 0. The zero-order valence-electron chi connectivity index (χ0n) is 31.5. The van der Waals surface area contributed by atoms with Gasteiger partial charge in [-0.25, -0.2) is 0 Å². The third kappa shape index (κ3) is 4.19. The van der Waals surface area contributed by atoms with Crippen LogP contribution in [0, 0.1) is 0 Å². The van der Waals surface area contributed by atoms with Crippen LogP contribution >= 0.6 is 0 Å². The van der Waals surface area contributed by atoms with Gasteiger partial charge >= 0.3 is 0 Å². The first-order valence-electron chi connectivity index (χ1n) is 19.8. The van der Waals surface area contributed by atoms with Crippen LogP contribution in [-0.4, -0.2) is 0 Å². The Morgan fingerprint density at radius 2 is 0.877 bits per heavy atom. The van der Waals surface area contributed by atoms with E-state index in [9.17, 15) is 0 Å². The predicted octanol–water partition coefficient (Wildman–Crippen LogP) is 15.7. The standard InChI is InChI=1S/C55H34O2/c1-55(2)46-24-19-33(28-45(46)52-36-10-4-3-9-31(36)18-25-47(52)55)35-16-21-40-39-20-15-34(29-50(39)57-51(40)30-35)32-17-22-42-44(27-32)38-12-6-5-11-37(38)41-23-26-49-54(53(41)42)43-13-7-8-14-48(43)56-49/h3-30H,1-2H3. The molecule has 1 aliphatic rings. The van der Waals surface area contributed by atoms with Crippen molar-refractivity contribution >= 4 is 87.0 Å². The molecule has 0 bridgehead atoms. The molecule has 0 atom stereocenters. The Bertz CT molecular complexity index is 3720. The number of para-hydroxylation sites is 1. The van der Waals surface area contributed by atoms with Gasteiger partial charge < -0.3 is 8.83 Å². The average Bonchev–Trinajstić information content (AvgIpc) is 3.90. The van der Waals surface area contributed by atoms with Crippen LogP contribution in [0.4, 0.5) is 0 Å². The molecule has 2 heteroatoms. The monoisotopic (exact) mass is 726 g/mol. The maximum Gasteiger partial charge on any atom is 0.136 e. The Morgan fingerprint density at radius 1 is 0.333 bits per heavy atom. The summed E-state index contributed by atoms with van der Waals surface area (Å²) in [4.78, 5) is 0. The van der Waals surface area contributed by atoms with E-state index in [2.05, 4.69) is 178 Å². The van der Waals surface area contributed by atoms with Crippen LogP contribution in [0.1, 0.15) is 25.0 Å². The van der Waals surface area contributed by atoms with Gasteiger partial charge in [0.05, 0.1) is 0 Å². The maximum absolute atomic E-state index is 6.70. The molecule has 57 heavy (non-hydrogen) atoms. The largest absolute Gasteiger partial charge is 0.456 e. The van der Waals surface area contributed by atoms with Crippen molar-refractivity contribution in [1.82, 2.24) is 0 Å². The highest BCUT2D eigenvalue weighted by Crippen LogP contribution is 2.52. The third-order valence-electron chi connectivity index (χ3n) is 13.0. The first-order valence-corrected chi connectivity index (χ1v) is 19.8. The van der Waals surface area contributed by atoms with Gasteiger partial charge in [0, 0.05) is 32.3 Å². The van der Waals surface area contributed by atoms with E-state index in [1.54, 1.807) is 0 Å². The molecule has 13 rings (SSSR count). The lowest BCUT2D eigenvalue weighted by Gasteiger charge is -2.21. The highest BCUT2D eigenvalue weighted by Gasteiger charge is 2.36. The van der Waals surface area contributed by atoms with Gasteiger partial charge in [-0.2, -0.15) is 0 Å². The summed E-state index contributed by atoms with van der Waals surface area (Å²) in [6.07, 6.45) is 0. The summed E-state index contributed by atoms with van der Waals surface area (Å²) >= 11 is 0. The summed E-state index contributed by atoms with van der Waals surface area (Å²) in [5.41, 5.74) is 13.7. The minimum absolute atomic E-state index is 0.0548. The molecule has 10 aromatic carbocycles. The topological polar surface area (TPSA) is 26.3 Å². The van der Waals surface area contributed by atoms with E-state index in [-0.39, 0.29) is 5.41 Å². The number of furan rings is 2. The van der Waals surface area contributed by atoms with Crippen LogP contribution in [0.5, 0.6) is 0 Å². The highest BCUT2D eigenvalue weighted by molar-refractivity contribution is 6.34. The average molecular weight is 727 g/mol. The molecule has 1 aliphatic carbocycles. The summed E-state index contributed by atoms with van der Waals surface area (Å²) in [5.74, 6) is 0. The molecule has 0 amide bonds. The summed E-state index contributed by atoms with van der Waals surface area (Å²) in [5, 5.41) is 14.6. The van der Waals surface area contributed by atoms with E-state index in [0.29, 0.717) is 0 Å². The van der Waals surface area contributed by atoms with Crippen molar-refractivity contribution in [3.63, 3.8) is 0 Å². The lowest BCUT2D eigenvalue weighted by atomic mass is 9.82. The van der Waals surface area contributed by atoms with Crippen molar-refractivity contribution in [3.8, 4) is 33.4 Å². The van der Waals surface area contributed by atoms with Crippen LogP contribution in [0.2, 0.25) is 0 Å². The Balaban J connectivity index is 0.945. The molecule has 0 aliphatic heterocycles. The van der Waals surface area contributed by atoms with Gasteiger partial charge in [0.1, 0.15) is 22.3 Å². The van der Waals surface area contributed by atoms with Crippen molar-refractivity contribution in [2.45, 2.75) is 19.3 Å². The number of hydrogen-bond acceptors (Lipinski definition) is 2. The van der Waals surface area contributed by atoms with Gasteiger partial charge in [0.25, 0.3) is 0 Å². The third-order valence-corrected chi connectivity index (χ3v) is 13.0. The van der Waals surface area contributed by atoms with Crippen molar-refractivity contribution in [2.24, 2.45) is 0 Å². The molecule has 0 saturated carbocycles. The Kier molecular flexibility index (Phi) is 6.00. The second-order valence-electron chi connectivity index (χ2n) is 16.4. The van der Waals surface area contributed by atoms with E-state index in [1.807, 2.05) is 6.07 Å². The quantitative estimate of drug-likeness (QED) is 0.166. The fourth-order valence-electron chi connectivity index (χ4n) is 10.3. The molecule has 0 radical (unpaired) electrons. The van der Waals surface area contributed by atoms with Gasteiger partial charge in [-0.1, -0.05) is 129 Å². The minimum Gasteiger partial charge on any atom is -0.456 e. The molecule has 0 saturated heterocycles. The normalized spacial score (nSPS) is 13.6. The molecular weight excluding hydrogens is 693 g/mol. The highest BCUT2D eigenvalue weighted by atomic mass is 16.3.